The standard InChI is InChI=1S/C33H57O10P/c1-18(2)7-6-8-19(3)22-9-10-23-27-24(12-14-33(22,23)5)32(4)13-11-21(15-20(32)16-25(27)34)42-31-30(37)29(36)28(35)26(43-31)17-41-44(38,39)40/h16,18-19,21-31,34-37H,6-15,17H2,1-5H3,(H2,38,39,40)/t19-,21+,22-,23+,24+,25+,26-,27+,28-,29-,30-,31+,32+,33-/m1/s1. The van der Waals surface area contributed by atoms with E-state index in [9.17, 15) is 25.0 Å². The third-order valence-electron chi connectivity index (χ3n) is 12.7. The van der Waals surface area contributed by atoms with Crippen LogP contribution in [0.15, 0.2) is 11.6 Å². The van der Waals surface area contributed by atoms with Crippen molar-refractivity contribution in [3.63, 3.8) is 0 Å². The minimum Gasteiger partial charge on any atom is -0.389 e. The van der Waals surface area contributed by atoms with Crippen molar-refractivity contribution in [2.24, 2.45) is 46.3 Å². The largest absolute Gasteiger partial charge is 0.469 e. The van der Waals surface area contributed by atoms with Crippen LogP contribution >= 0.6 is 7.82 Å². The van der Waals surface area contributed by atoms with Crippen LogP contribution in [0.5, 0.6) is 0 Å². The summed E-state index contributed by atoms with van der Waals surface area (Å²) in [5, 5.41) is 43.0. The van der Waals surface area contributed by atoms with E-state index in [2.05, 4.69) is 45.2 Å². The normalized spacial score (nSPS) is 46.6. The average molecular weight is 645 g/mol. The predicted octanol–water partition coefficient (Wildman–Crippen LogP) is 4.30. The van der Waals surface area contributed by atoms with Crippen molar-refractivity contribution in [3.05, 3.63) is 11.6 Å². The van der Waals surface area contributed by atoms with E-state index >= 15 is 0 Å². The Hall–Kier alpha value is -0.390. The molecule has 11 heteroatoms. The lowest BCUT2D eigenvalue weighted by molar-refractivity contribution is -0.312. The highest BCUT2D eigenvalue weighted by molar-refractivity contribution is 7.46. The third-order valence-corrected chi connectivity index (χ3v) is 13.2. The molecule has 14 atom stereocenters. The Balaban J connectivity index is 1.26. The van der Waals surface area contributed by atoms with Crippen LogP contribution in [0.1, 0.15) is 98.8 Å². The Labute approximate surface area is 262 Å². The van der Waals surface area contributed by atoms with Crippen molar-refractivity contribution in [2.75, 3.05) is 6.61 Å². The second kappa shape index (κ2) is 13.3. The molecule has 5 aliphatic rings. The van der Waals surface area contributed by atoms with Crippen molar-refractivity contribution in [1.82, 2.24) is 0 Å². The van der Waals surface area contributed by atoms with Gasteiger partial charge in [0.05, 0.1) is 18.8 Å². The minimum absolute atomic E-state index is 0.0480. The summed E-state index contributed by atoms with van der Waals surface area (Å²) in [4.78, 5) is 18.1. The van der Waals surface area contributed by atoms with E-state index in [-0.39, 0.29) is 22.9 Å². The van der Waals surface area contributed by atoms with Gasteiger partial charge in [0.15, 0.2) is 6.29 Å². The van der Waals surface area contributed by atoms with Crippen molar-refractivity contribution in [2.45, 2.75) is 142 Å². The van der Waals surface area contributed by atoms with E-state index in [0.717, 1.165) is 18.8 Å². The highest BCUT2D eigenvalue weighted by atomic mass is 31.2. The zero-order valence-corrected chi connectivity index (χ0v) is 28.0. The van der Waals surface area contributed by atoms with Gasteiger partial charge in [-0.2, -0.15) is 0 Å². The first-order chi connectivity index (χ1) is 20.5. The number of fused-ring (bicyclic) bond motifs is 5. The summed E-state index contributed by atoms with van der Waals surface area (Å²) in [7, 11) is -4.83. The van der Waals surface area contributed by atoms with Crippen LogP contribution in [0.4, 0.5) is 0 Å². The number of phosphoric ester groups is 1. The Morgan fingerprint density at radius 2 is 1.68 bits per heavy atom. The van der Waals surface area contributed by atoms with Crippen molar-refractivity contribution >= 4 is 7.82 Å². The molecule has 10 nitrogen and oxygen atoms in total. The lowest BCUT2D eigenvalue weighted by Crippen LogP contribution is -2.60. The van der Waals surface area contributed by atoms with Crippen molar-refractivity contribution in [1.29, 1.82) is 0 Å². The van der Waals surface area contributed by atoms with Crippen LogP contribution in [0, 0.1) is 46.3 Å². The van der Waals surface area contributed by atoms with E-state index in [1.165, 1.54) is 44.1 Å². The van der Waals surface area contributed by atoms with Gasteiger partial charge in [0.1, 0.15) is 24.4 Å². The molecule has 0 spiro atoms. The minimum atomic E-state index is -4.83. The first-order valence-electron chi connectivity index (χ1n) is 17.0. The number of rotatable bonds is 10. The van der Waals surface area contributed by atoms with Crippen LogP contribution in [-0.2, 0) is 18.6 Å². The Morgan fingerprint density at radius 3 is 2.36 bits per heavy atom. The molecular weight excluding hydrogens is 587 g/mol. The molecular formula is C33H57O10P. The summed E-state index contributed by atoms with van der Waals surface area (Å²) in [6.07, 6.45) is 4.62. The smallest absolute Gasteiger partial charge is 0.389 e. The van der Waals surface area contributed by atoms with Gasteiger partial charge in [0, 0.05) is 0 Å². The molecule has 0 radical (unpaired) electrons. The maximum absolute atomic E-state index is 11.7. The summed E-state index contributed by atoms with van der Waals surface area (Å²) in [6.45, 7) is 11.3. The molecule has 0 unspecified atom stereocenters. The zero-order chi connectivity index (χ0) is 32.2. The number of hydrogen-bond acceptors (Lipinski definition) is 8. The van der Waals surface area contributed by atoms with Gasteiger partial charge in [-0.25, -0.2) is 4.57 Å². The van der Waals surface area contributed by atoms with Crippen LogP contribution in [0.3, 0.4) is 0 Å². The molecule has 1 saturated heterocycles. The molecule has 1 heterocycles. The van der Waals surface area contributed by atoms with E-state index in [0.29, 0.717) is 36.5 Å². The summed E-state index contributed by atoms with van der Waals surface area (Å²) in [5.74, 6) is 3.33. The zero-order valence-electron chi connectivity index (χ0n) is 27.1. The molecule has 0 aromatic carbocycles. The SMILES string of the molecule is CC(C)CCC[C@@H](C)[C@H]1CC[C@H]2[C@@H]3[C@@H](O)C=C4C[C@@H](O[C@H]5O[C@H](COP(=O)(O)O)[C@@H](O)[C@@H](O)[C@H]5O)CC[C@]4(C)[C@H]3CC[C@]12C. The van der Waals surface area contributed by atoms with E-state index in [4.69, 9.17) is 19.3 Å². The van der Waals surface area contributed by atoms with Crippen LogP contribution < -0.4 is 0 Å². The second-order valence-electron chi connectivity index (χ2n) is 15.7. The topological polar surface area (TPSA) is 166 Å². The number of aliphatic hydroxyl groups is 4. The number of hydrogen-bond donors (Lipinski definition) is 6. The van der Waals surface area contributed by atoms with Gasteiger partial charge in [0.25, 0.3) is 0 Å². The Bertz CT molecular complexity index is 1080. The molecule has 5 rings (SSSR count). The van der Waals surface area contributed by atoms with Gasteiger partial charge >= 0.3 is 7.82 Å². The molecule has 0 aromatic rings. The first kappa shape index (κ1) is 34.9. The summed E-state index contributed by atoms with van der Waals surface area (Å²) >= 11 is 0. The van der Waals surface area contributed by atoms with Gasteiger partial charge in [-0.15, -0.1) is 0 Å². The van der Waals surface area contributed by atoms with Crippen LogP contribution in [0.25, 0.3) is 0 Å². The first-order valence-corrected chi connectivity index (χ1v) is 18.5. The van der Waals surface area contributed by atoms with Gasteiger partial charge in [0.2, 0.25) is 0 Å². The lowest BCUT2D eigenvalue weighted by Gasteiger charge is -2.59. The quantitative estimate of drug-likeness (QED) is 0.149. The number of phosphoric acid groups is 1. The van der Waals surface area contributed by atoms with Crippen molar-refractivity contribution in [3.8, 4) is 0 Å². The van der Waals surface area contributed by atoms with E-state index in [1.807, 2.05) is 0 Å². The molecule has 4 fully saturated rings. The molecule has 1 aliphatic heterocycles. The fourth-order valence-corrected chi connectivity index (χ4v) is 10.6. The van der Waals surface area contributed by atoms with Crippen molar-refractivity contribution < 1.29 is 48.8 Å². The van der Waals surface area contributed by atoms with Crippen LogP contribution in [0.2, 0.25) is 0 Å². The fourth-order valence-electron chi connectivity index (χ4n) is 10.3. The average Bonchev–Trinajstić information content (AvgIpc) is 3.30. The fraction of sp³-hybridized carbons (Fsp3) is 0.939. The van der Waals surface area contributed by atoms with Gasteiger partial charge < -0.3 is 39.7 Å². The van der Waals surface area contributed by atoms with Gasteiger partial charge in [-0.3, -0.25) is 4.52 Å². The summed E-state index contributed by atoms with van der Waals surface area (Å²) in [6, 6.07) is 0. The van der Waals surface area contributed by atoms with Gasteiger partial charge in [-0.05, 0) is 91.3 Å². The third kappa shape index (κ3) is 6.78. The Kier molecular flexibility index (Phi) is 10.5. The molecule has 4 aliphatic carbocycles. The summed E-state index contributed by atoms with van der Waals surface area (Å²) in [5.41, 5.74) is 1.39. The molecule has 6 N–H and O–H groups in total. The van der Waals surface area contributed by atoms with E-state index < -0.39 is 51.2 Å². The second-order valence-corrected chi connectivity index (χ2v) is 17.0. The van der Waals surface area contributed by atoms with Crippen LogP contribution in [-0.4, -0.2) is 79.7 Å². The number of aliphatic hydroxyl groups excluding tert-OH is 4. The lowest BCUT2D eigenvalue weighted by atomic mass is 9.46. The Morgan fingerprint density at radius 1 is 0.955 bits per heavy atom. The maximum atomic E-state index is 11.7. The molecule has 0 bridgehead atoms. The molecule has 3 saturated carbocycles. The highest BCUT2D eigenvalue weighted by Crippen LogP contribution is 2.67. The summed E-state index contributed by atoms with van der Waals surface area (Å²) < 4.78 is 27.4. The van der Waals surface area contributed by atoms with Gasteiger partial charge in [-0.1, -0.05) is 65.5 Å². The van der Waals surface area contributed by atoms with E-state index in [1.54, 1.807) is 0 Å². The number of ether oxygens (including phenoxy) is 2. The molecule has 0 aromatic heterocycles. The maximum Gasteiger partial charge on any atom is 0.469 e. The molecule has 44 heavy (non-hydrogen) atoms. The highest BCUT2D eigenvalue weighted by Gasteiger charge is 2.61. The monoisotopic (exact) mass is 644 g/mol. The molecule has 0 amide bonds. The molecule has 254 valence electrons. The predicted molar refractivity (Wildman–Crippen MR) is 164 cm³/mol.